The third-order valence-electron chi connectivity index (χ3n) is 6.53. The lowest BCUT2D eigenvalue weighted by atomic mass is 9.97. The maximum absolute atomic E-state index is 11.2. The van der Waals surface area contributed by atoms with Gasteiger partial charge in [0.2, 0.25) is 0 Å². The van der Waals surface area contributed by atoms with E-state index in [1.54, 1.807) is 0 Å². The second-order valence-corrected chi connectivity index (χ2v) is 9.82. The highest BCUT2D eigenvalue weighted by atomic mass is 35.5. The summed E-state index contributed by atoms with van der Waals surface area (Å²) < 4.78 is 12.5. The van der Waals surface area contributed by atoms with Crippen molar-refractivity contribution in [1.29, 1.82) is 0 Å². The Morgan fingerprint density at radius 2 is 2.18 bits per heavy atom. The van der Waals surface area contributed by atoms with Gasteiger partial charge in [-0.25, -0.2) is 0 Å². The number of ether oxygens (including phenoxy) is 2. The number of hydrogen-bond acceptors (Lipinski definition) is 5. The average Bonchev–Trinajstić information content (AvgIpc) is 3.44. The van der Waals surface area contributed by atoms with Gasteiger partial charge >= 0.3 is 5.97 Å². The molecule has 178 valence electrons. The normalized spacial score (nSPS) is 19.1. The predicted molar refractivity (Wildman–Crippen MR) is 131 cm³/mol. The topological polar surface area (TPSA) is 87.7 Å². The Kier molecular flexibility index (Phi) is 6.23. The molecule has 0 bridgehead atoms. The van der Waals surface area contributed by atoms with E-state index in [4.69, 9.17) is 21.1 Å². The highest BCUT2D eigenvalue weighted by molar-refractivity contribution is 6.34. The number of carbonyl (C=O) groups is 1. The van der Waals surface area contributed by atoms with Gasteiger partial charge in [0.05, 0.1) is 11.4 Å². The minimum Gasteiger partial charge on any atom is -0.488 e. The van der Waals surface area contributed by atoms with Crippen LogP contribution >= 0.6 is 11.6 Å². The monoisotopic (exact) mass is 481 g/mol. The number of hydrogen-bond donors (Lipinski definition) is 2. The minimum absolute atomic E-state index is 0.152. The van der Waals surface area contributed by atoms with Gasteiger partial charge in [-0.15, -0.1) is 0 Å². The molecular weight excluding hydrogens is 454 g/mol. The van der Waals surface area contributed by atoms with Crippen LogP contribution in [0.2, 0.25) is 5.15 Å². The molecule has 34 heavy (non-hydrogen) atoms. The van der Waals surface area contributed by atoms with Crippen LogP contribution in [0.5, 0.6) is 11.5 Å². The van der Waals surface area contributed by atoms with Crippen LogP contribution in [0.25, 0.3) is 17.0 Å². The molecule has 3 aromatic rings. The van der Waals surface area contributed by atoms with E-state index < -0.39 is 5.97 Å². The number of aromatic amines is 1. The fraction of sp³-hybridized carbons (Fsp3) is 0.385. The molecule has 8 heteroatoms. The van der Waals surface area contributed by atoms with E-state index in [2.05, 4.69) is 35.0 Å². The van der Waals surface area contributed by atoms with Gasteiger partial charge in [0.25, 0.3) is 0 Å². The molecule has 0 spiro atoms. The summed E-state index contributed by atoms with van der Waals surface area (Å²) in [7, 11) is 0. The molecule has 1 saturated heterocycles. The van der Waals surface area contributed by atoms with E-state index in [0.29, 0.717) is 24.7 Å². The van der Waals surface area contributed by atoms with Crippen LogP contribution in [0, 0.1) is 11.8 Å². The summed E-state index contributed by atoms with van der Waals surface area (Å²) in [5.41, 5.74) is 4.03. The molecule has 3 heterocycles. The van der Waals surface area contributed by atoms with Gasteiger partial charge in [0.1, 0.15) is 29.4 Å². The molecule has 2 aliphatic heterocycles. The van der Waals surface area contributed by atoms with Gasteiger partial charge < -0.3 is 14.6 Å². The number of benzene rings is 2. The molecule has 1 aromatic heterocycles. The van der Waals surface area contributed by atoms with Gasteiger partial charge in [-0.1, -0.05) is 31.5 Å². The largest absolute Gasteiger partial charge is 0.488 e. The maximum Gasteiger partial charge on any atom is 0.307 e. The molecule has 1 fully saturated rings. The SMILES string of the molecule is CC(C)C(Oc1ccc2c(c1)OCC(CN1CCC(C(=O)O)C1)=C2)c1ccc2n[nH]c(Cl)c2c1. The average molecular weight is 482 g/mol. The van der Waals surface area contributed by atoms with Gasteiger partial charge in [-0.2, -0.15) is 5.10 Å². The quantitative estimate of drug-likeness (QED) is 0.483. The summed E-state index contributed by atoms with van der Waals surface area (Å²) in [5, 5.41) is 17.6. The smallest absolute Gasteiger partial charge is 0.307 e. The third kappa shape index (κ3) is 4.63. The summed E-state index contributed by atoms with van der Waals surface area (Å²) in [6.07, 6.45) is 2.70. The number of nitrogens with one attached hydrogen (secondary N) is 1. The van der Waals surface area contributed by atoms with Crippen molar-refractivity contribution in [1.82, 2.24) is 15.1 Å². The van der Waals surface area contributed by atoms with E-state index >= 15 is 0 Å². The van der Waals surface area contributed by atoms with Crippen molar-refractivity contribution in [3.05, 3.63) is 58.3 Å². The van der Waals surface area contributed by atoms with Crippen molar-refractivity contribution in [3.63, 3.8) is 0 Å². The van der Waals surface area contributed by atoms with Gasteiger partial charge in [0, 0.05) is 30.1 Å². The van der Waals surface area contributed by atoms with E-state index in [1.165, 1.54) is 0 Å². The van der Waals surface area contributed by atoms with E-state index in [-0.39, 0.29) is 17.9 Å². The van der Waals surface area contributed by atoms with Crippen molar-refractivity contribution in [2.75, 3.05) is 26.2 Å². The number of halogens is 1. The first-order chi connectivity index (χ1) is 16.4. The van der Waals surface area contributed by atoms with Crippen molar-refractivity contribution in [2.45, 2.75) is 26.4 Å². The molecule has 7 nitrogen and oxygen atoms in total. The zero-order chi connectivity index (χ0) is 23.8. The molecule has 2 aliphatic rings. The lowest BCUT2D eigenvalue weighted by molar-refractivity contribution is -0.141. The van der Waals surface area contributed by atoms with Crippen molar-refractivity contribution in [2.24, 2.45) is 11.8 Å². The molecule has 2 unspecified atom stereocenters. The van der Waals surface area contributed by atoms with Crippen LogP contribution in [0.1, 0.15) is 37.5 Å². The van der Waals surface area contributed by atoms with Crippen LogP contribution in [0.4, 0.5) is 0 Å². The number of nitrogens with zero attached hydrogens (tertiary/aromatic N) is 2. The minimum atomic E-state index is -0.707. The molecule has 2 aromatic carbocycles. The first-order valence-electron chi connectivity index (χ1n) is 11.6. The summed E-state index contributed by atoms with van der Waals surface area (Å²) in [4.78, 5) is 13.4. The van der Waals surface area contributed by atoms with Crippen molar-refractivity contribution >= 4 is 34.5 Å². The lowest BCUT2D eigenvalue weighted by Gasteiger charge is -2.25. The second kappa shape index (κ2) is 9.31. The number of carboxylic acid groups (broad SMARTS) is 1. The van der Waals surface area contributed by atoms with Crippen molar-refractivity contribution < 1.29 is 19.4 Å². The molecule has 0 radical (unpaired) electrons. The molecule has 0 amide bonds. The van der Waals surface area contributed by atoms with Crippen LogP contribution in [0.3, 0.4) is 0 Å². The predicted octanol–water partition coefficient (Wildman–Crippen LogP) is 5.17. The van der Waals surface area contributed by atoms with Crippen LogP contribution in [-0.4, -0.2) is 52.4 Å². The number of carboxylic acids is 1. The number of aliphatic carboxylic acids is 1. The van der Waals surface area contributed by atoms with E-state index in [9.17, 15) is 9.90 Å². The number of likely N-dealkylation sites (tertiary alicyclic amines) is 1. The van der Waals surface area contributed by atoms with E-state index in [1.807, 2.05) is 36.4 Å². The number of rotatable bonds is 7. The lowest BCUT2D eigenvalue weighted by Crippen LogP contribution is -2.27. The fourth-order valence-electron chi connectivity index (χ4n) is 4.73. The summed E-state index contributed by atoms with van der Waals surface area (Å²) in [6.45, 7) is 6.88. The maximum atomic E-state index is 11.2. The van der Waals surface area contributed by atoms with Crippen molar-refractivity contribution in [3.8, 4) is 11.5 Å². The van der Waals surface area contributed by atoms with Crippen LogP contribution in [0.15, 0.2) is 42.0 Å². The molecule has 0 saturated carbocycles. The summed E-state index contributed by atoms with van der Waals surface area (Å²) in [5.74, 6) is 0.804. The summed E-state index contributed by atoms with van der Waals surface area (Å²) in [6, 6.07) is 11.9. The molecule has 5 rings (SSSR count). The number of aromatic nitrogens is 2. The van der Waals surface area contributed by atoms with E-state index in [0.717, 1.165) is 52.2 Å². The van der Waals surface area contributed by atoms with Gasteiger partial charge in [-0.3, -0.25) is 14.8 Å². The Bertz CT molecular complexity index is 1250. The van der Waals surface area contributed by atoms with Crippen LogP contribution < -0.4 is 9.47 Å². The van der Waals surface area contributed by atoms with Crippen LogP contribution in [-0.2, 0) is 4.79 Å². The Labute approximate surface area is 203 Å². The number of H-pyrrole nitrogens is 1. The Morgan fingerprint density at radius 3 is 2.94 bits per heavy atom. The molecule has 0 aliphatic carbocycles. The highest BCUT2D eigenvalue weighted by Crippen LogP contribution is 2.36. The van der Waals surface area contributed by atoms with Gasteiger partial charge in [0.15, 0.2) is 0 Å². The van der Waals surface area contributed by atoms with Gasteiger partial charge in [-0.05, 0) is 60.4 Å². The third-order valence-corrected chi connectivity index (χ3v) is 6.82. The standard InChI is InChI=1S/C26H28ClN3O4/c1-15(2)24(18-4-6-22-21(10-18)25(27)29-28-22)34-20-5-3-17-9-16(14-33-23(17)11-20)12-30-8-7-19(13-30)26(31)32/h3-6,9-11,15,19,24H,7-8,12-14H2,1-2H3,(H,28,29)(H,31,32). The highest BCUT2D eigenvalue weighted by Gasteiger charge is 2.29. The Hall–Kier alpha value is -3.03. The summed E-state index contributed by atoms with van der Waals surface area (Å²) >= 11 is 6.24. The second-order valence-electron chi connectivity index (χ2n) is 9.45. The first-order valence-corrected chi connectivity index (χ1v) is 12.0. The Morgan fingerprint density at radius 1 is 1.32 bits per heavy atom. The fourth-order valence-corrected chi connectivity index (χ4v) is 4.92. The number of fused-ring (bicyclic) bond motifs is 2. The zero-order valence-corrected chi connectivity index (χ0v) is 20.0. The molecule has 2 N–H and O–H groups in total. The zero-order valence-electron chi connectivity index (χ0n) is 19.3. The Balaban J connectivity index is 1.31. The molecule has 2 atom stereocenters. The molecular formula is C26H28ClN3O4. The first kappa shape index (κ1) is 22.7.